The number of rotatable bonds is 9. The predicted molar refractivity (Wildman–Crippen MR) is 79.8 cm³/mol. The fourth-order valence-corrected chi connectivity index (χ4v) is 2.95. The van der Waals surface area contributed by atoms with Gasteiger partial charge in [-0.1, -0.05) is 19.3 Å². The maximum atomic E-state index is 9.88. The minimum absolute atomic E-state index is 0.00694. The summed E-state index contributed by atoms with van der Waals surface area (Å²) in [6.45, 7) is 2.13. The molecule has 1 aliphatic carbocycles. The van der Waals surface area contributed by atoms with Crippen LogP contribution in [0, 0.1) is 5.41 Å². The number of hydrogen-bond acceptors (Lipinski definition) is 5. The van der Waals surface area contributed by atoms with Crippen LogP contribution in [-0.2, 0) is 11.3 Å². The van der Waals surface area contributed by atoms with Crippen LogP contribution in [0.4, 0.5) is 0 Å². The van der Waals surface area contributed by atoms with E-state index in [9.17, 15) is 10.2 Å². The lowest BCUT2D eigenvalue weighted by Gasteiger charge is -2.36. The standard InChI is InChI=1S/C16H27NO4/c18-13-16(6-2-1-3-7-16)12-17-9-14(19)10-20-11-15-5-4-8-21-15/h4-5,8,14,17-19H,1-3,6-7,9-13H2. The summed E-state index contributed by atoms with van der Waals surface area (Å²) in [7, 11) is 0. The lowest BCUT2D eigenvalue weighted by atomic mass is 9.74. The van der Waals surface area contributed by atoms with Gasteiger partial charge in [0.15, 0.2) is 0 Å². The van der Waals surface area contributed by atoms with Gasteiger partial charge >= 0.3 is 0 Å². The van der Waals surface area contributed by atoms with Crippen molar-refractivity contribution in [1.29, 1.82) is 0 Å². The summed E-state index contributed by atoms with van der Waals surface area (Å²) in [5.41, 5.74) is 0.00694. The van der Waals surface area contributed by atoms with Crippen molar-refractivity contribution < 1.29 is 19.4 Å². The molecule has 0 aromatic carbocycles. The fraction of sp³-hybridized carbons (Fsp3) is 0.750. The molecule has 2 rings (SSSR count). The van der Waals surface area contributed by atoms with Crippen molar-refractivity contribution in [3.8, 4) is 0 Å². The SMILES string of the molecule is OCC1(CNCC(O)COCc2ccco2)CCCCC1. The molecule has 1 fully saturated rings. The smallest absolute Gasteiger partial charge is 0.129 e. The molecule has 0 bridgehead atoms. The molecule has 0 aliphatic heterocycles. The van der Waals surface area contributed by atoms with Crippen molar-refractivity contribution in [2.24, 2.45) is 5.41 Å². The van der Waals surface area contributed by atoms with E-state index in [1.54, 1.807) is 6.26 Å². The fourth-order valence-electron chi connectivity index (χ4n) is 2.95. The lowest BCUT2D eigenvalue weighted by Crippen LogP contribution is -2.42. The van der Waals surface area contributed by atoms with Gasteiger partial charge in [-0.3, -0.25) is 0 Å². The van der Waals surface area contributed by atoms with Crippen LogP contribution in [0.3, 0.4) is 0 Å². The van der Waals surface area contributed by atoms with Crippen LogP contribution in [0.1, 0.15) is 37.9 Å². The minimum Gasteiger partial charge on any atom is -0.467 e. The first kappa shape index (κ1) is 16.5. The Morgan fingerprint density at radius 2 is 2.14 bits per heavy atom. The first-order valence-electron chi connectivity index (χ1n) is 7.84. The Balaban J connectivity index is 1.58. The summed E-state index contributed by atoms with van der Waals surface area (Å²) in [5.74, 6) is 0.761. The molecule has 5 heteroatoms. The largest absolute Gasteiger partial charge is 0.467 e. The molecule has 0 spiro atoms. The lowest BCUT2D eigenvalue weighted by molar-refractivity contribution is 0.0184. The van der Waals surface area contributed by atoms with E-state index in [0.29, 0.717) is 13.2 Å². The van der Waals surface area contributed by atoms with E-state index in [0.717, 1.165) is 25.1 Å². The highest BCUT2D eigenvalue weighted by Crippen LogP contribution is 2.35. The molecule has 5 nitrogen and oxygen atoms in total. The molecule has 0 amide bonds. The zero-order valence-corrected chi connectivity index (χ0v) is 12.6. The summed E-state index contributed by atoms with van der Waals surface area (Å²) < 4.78 is 10.6. The van der Waals surface area contributed by atoms with Crippen LogP contribution >= 0.6 is 0 Å². The summed E-state index contributed by atoms with van der Waals surface area (Å²) in [5, 5.41) is 22.8. The first-order chi connectivity index (χ1) is 10.2. The third kappa shape index (κ3) is 5.43. The molecule has 1 atom stereocenters. The topological polar surface area (TPSA) is 74.9 Å². The van der Waals surface area contributed by atoms with Crippen LogP contribution in [0.15, 0.2) is 22.8 Å². The van der Waals surface area contributed by atoms with Gasteiger partial charge in [0.1, 0.15) is 12.4 Å². The number of aliphatic hydroxyl groups excluding tert-OH is 2. The molecule has 1 unspecified atom stereocenters. The van der Waals surface area contributed by atoms with E-state index in [1.807, 2.05) is 12.1 Å². The number of nitrogens with one attached hydrogen (secondary N) is 1. The Morgan fingerprint density at radius 3 is 2.81 bits per heavy atom. The first-order valence-corrected chi connectivity index (χ1v) is 7.84. The molecule has 3 N–H and O–H groups in total. The van der Waals surface area contributed by atoms with Crippen molar-refractivity contribution in [2.75, 3.05) is 26.3 Å². The van der Waals surface area contributed by atoms with E-state index in [2.05, 4.69) is 5.32 Å². The molecule has 0 saturated heterocycles. The number of aliphatic hydroxyl groups is 2. The molecular weight excluding hydrogens is 270 g/mol. The van der Waals surface area contributed by atoms with E-state index >= 15 is 0 Å². The zero-order chi connectivity index (χ0) is 15.0. The van der Waals surface area contributed by atoms with Crippen LogP contribution in [0.5, 0.6) is 0 Å². The maximum absolute atomic E-state index is 9.88. The van der Waals surface area contributed by atoms with Gasteiger partial charge in [-0.2, -0.15) is 0 Å². The van der Waals surface area contributed by atoms with Gasteiger partial charge in [0, 0.05) is 25.1 Å². The van der Waals surface area contributed by atoms with E-state index in [1.165, 1.54) is 19.3 Å². The summed E-state index contributed by atoms with van der Waals surface area (Å²) >= 11 is 0. The van der Waals surface area contributed by atoms with Crippen LogP contribution in [0.25, 0.3) is 0 Å². The minimum atomic E-state index is -0.542. The molecule has 21 heavy (non-hydrogen) atoms. The molecule has 1 aliphatic rings. The normalized spacial score (nSPS) is 19.5. The Kier molecular flexibility index (Phi) is 6.70. The van der Waals surface area contributed by atoms with Gasteiger partial charge in [0.05, 0.1) is 19.0 Å². The van der Waals surface area contributed by atoms with Crippen LogP contribution < -0.4 is 5.32 Å². The third-order valence-corrected chi connectivity index (χ3v) is 4.26. The van der Waals surface area contributed by atoms with Gasteiger partial charge in [-0.25, -0.2) is 0 Å². The monoisotopic (exact) mass is 297 g/mol. The third-order valence-electron chi connectivity index (χ3n) is 4.26. The van der Waals surface area contributed by atoms with Crippen molar-refractivity contribution in [3.05, 3.63) is 24.2 Å². The molecule has 1 aromatic rings. The molecule has 0 radical (unpaired) electrons. The number of furan rings is 1. The van der Waals surface area contributed by atoms with Crippen molar-refractivity contribution >= 4 is 0 Å². The molecular formula is C16H27NO4. The van der Waals surface area contributed by atoms with E-state index in [-0.39, 0.29) is 18.6 Å². The zero-order valence-electron chi connectivity index (χ0n) is 12.6. The van der Waals surface area contributed by atoms with Crippen LogP contribution in [0.2, 0.25) is 0 Å². The number of hydrogen-bond donors (Lipinski definition) is 3. The second kappa shape index (κ2) is 8.54. The molecule has 1 saturated carbocycles. The van der Waals surface area contributed by atoms with E-state index < -0.39 is 6.10 Å². The van der Waals surface area contributed by atoms with E-state index in [4.69, 9.17) is 9.15 Å². The highest BCUT2D eigenvalue weighted by atomic mass is 16.5. The Morgan fingerprint density at radius 1 is 1.33 bits per heavy atom. The average molecular weight is 297 g/mol. The van der Waals surface area contributed by atoms with Crippen molar-refractivity contribution in [3.63, 3.8) is 0 Å². The predicted octanol–water partition coefficient (Wildman–Crippen LogP) is 1.69. The van der Waals surface area contributed by atoms with Gasteiger partial charge in [0.2, 0.25) is 0 Å². The second-order valence-corrected chi connectivity index (χ2v) is 6.10. The van der Waals surface area contributed by atoms with Gasteiger partial charge in [-0.05, 0) is 25.0 Å². The number of ether oxygens (including phenoxy) is 1. The summed E-state index contributed by atoms with van der Waals surface area (Å²) in [4.78, 5) is 0. The second-order valence-electron chi connectivity index (χ2n) is 6.10. The van der Waals surface area contributed by atoms with Gasteiger partial charge in [0.25, 0.3) is 0 Å². The molecule has 120 valence electrons. The summed E-state index contributed by atoms with van der Waals surface area (Å²) in [6.07, 6.45) is 6.86. The van der Waals surface area contributed by atoms with Crippen molar-refractivity contribution in [1.82, 2.24) is 5.32 Å². The summed E-state index contributed by atoms with van der Waals surface area (Å²) in [6, 6.07) is 3.66. The van der Waals surface area contributed by atoms with Gasteiger partial charge < -0.3 is 24.7 Å². The highest BCUT2D eigenvalue weighted by Gasteiger charge is 2.30. The van der Waals surface area contributed by atoms with Crippen molar-refractivity contribution in [2.45, 2.75) is 44.8 Å². The van der Waals surface area contributed by atoms with Gasteiger partial charge in [-0.15, -0.1) is 0 Å². The average Bonchev–Trinajstić information content (AvgIpc) is 3.01. The van der Waals surface area contributed by atoms with Crippen LogP contribution in [-0.4, -0.2) is 42.6 Å². The Hall–Kier alpha value is -0.880. The highest BCUT2D eigenvalue weighted by molar-refractivity contribution is 4.96. The molecule has 1 heterocycles. The quantitative estimate of drug-likeness (QED) is 0.647. The maximum Gasteiger partial charge on any atom is 0.129 e. The Bertz CT molecular complexity index is 374. The molecule has 1 aromatic heterocycles. The Labute approximate surface area is 126 Å².